The first-order valence-electron chi connectivity index (χ1n) is 29.4. The van der Waals surface area contributed by atoms with E-state index in [2.05, 4.69) is 237 Å². The molecule has 7 nitrogen and oxygen atoms in total. The monoisotopic (exact) mass is 1130 g/mol. The van der Waals surface area contributed by atoms with E-state index in [1.807, 2.05) is 24.3 Å². The minimum absolute atomic E-state index is 0.176. The zero-order valence-electron chi connectivity index (χ0n) is 47.0. The van der Waals surface area contributed by atoms with Crippen molar-refractivity contribution in [2.75, 3.05) is 15.6 Å². The van der Waals surface area contributed by atoms with Gasteiger partial charge in [0.1, 0.15) is 55.8 Å². The minimum Gasteiger partial charge on any atom is -0.456 e. The third-order valence-electron chi connectivity index (χ3n) is 19.2. The molecule has 8 heteroatoms. The zero-order valence-corrected chi connectivity index (χ0v) is 47.9. The van der Waals surface area contributed by atoms with Crippen LogP contribution in [0.15, 0.2) is 253 Å². The number of nitrogens with zero attached hydrogens (tertiary/aromatic N) is 2. The fourth-order valence-electron chi connectivity index (χ4n) is 15.0. The molecule has 19 rings (SSSR count). The maximum absolute atomic E-state index is 6.97. The molecule has 1 unspecified atom stereocenters. The number of benzene rings is 12. The summed E-state index contributed by atoms with van der Waals surface area (Å²) >= 11 is 4.99. The number of furan rings is 5. The number of hydrogen-bond acceptors (Lipinski definition) is 8. The van der Waals surface area contributed by atoms with Gasteiger partial charge in [-0.05, 0) is 143 Å². The molecule has 5 aromatic heterocycles. The molecule has 0 amide bonds. The van der Waals surface area contributed by atoms with Crippen molar-refractivity contribution in [3.05, 3.63) is 253 Å². The summed E-state index contributed by atoms with van der Waals surface area (Å²) in [6, 6.07) is 82.4. The predicted octanol–water partition coefficient (Wildman–Crippen LogP) is 22.6. The molecule has 0 saturated carbocycles. The minimum atomic E-state index is -0.268. The van der Waals surface area contributed by atoms with Gasteiger partial charge in [-0.2, -0.15) is 12.6 Å². The highest BCUT2D eigenvalue weighted by Gasteiger charge is 2.41. The quantitative estimate of drug-likeness (QED) is 0.159. The Morgan fingerprint density at radius 3 is 1.16 bits per heavy atom. The van der Waals surface area contributed by atoms with Crippen molar-refractivity contribution in [3.8, 4) is 22.3 Å². The second-order valence-electron chi connectivity index (χ2n) is 24.2. The van der Waals surface area contributed by atoms with Crippen LogP contribution in [0.4, 0.5) is 34.1 Å². The van der Waals surface area contributed by atoms with Gasteiger partial charge in [0.05, 0.1) is 11.4 Å². The van der Waals surface area contributed by atoms with Crippen LogP contribution in [0.2, 0.25) is 0 Å². The van der Waals surface area contributed by atoms with E-state index in [9.17, 15) is 0 Å². The number of rotatable bonds is 7. The van der Waals surface area contributed by atoms with Gasteiger partial charge in [-0.15, -0.1) is 0 Å². The molecule has 408 valence electrons. The average Bonchev–Trinajstić information content (AvgIpc) is 3.43. The van der Waals surface area contributed by atoms with E-state index in [0.717, 1.165) is 144 Å². The van der Waals surface area contributed by atoms with Gasteiger partial charge < -0.3 is 31.9 Å². The Labute approximate surface area is 497 Å². The number of hydrogen-bond donors (Lipinski definition) is 1. The lowest BCUT2D eigenvalue weighted by Crippen LogP contribution is -2.22. The lowest BCUT2D eigenvalue weighted by Gasteiger charge is -2.29. The van der Waals surface area contributed by atoms with E-state index in [-0.39, 0.29) is 10.8 Å². The molecule has 5 heterocycles. The Kier molecular flexibility index (Phi) is 9.56. The zero-order chi connectivity index (χ0) is 56.9. The second-order valence-corrected chi connectivity index (χ2v) is 24.5. The molecular formula is C78H50N2O5S. The molecule has 1 atom stereocenters. The Morgan fingerprint density at radius 2 is 0.640 bits per heavy atom. The van der Waals surface area contributed by atoms with Crippen LogP contribution in [-0.2, 0) is 10.8 Å². The van der Waals surface area contributed by atoms with E-state index >= 15 is 0 Å². The van der Waals surface area contributed by atoms with E-state index in [1.165, 1.54) is 44.5 Å². The molecule has 0 bridgehead atoms. The Bertz CT molecular complexity index is 5810. The van der Waals surface area contributed by atoms with Crippen molar-refractivity contribution in [2.24, 2.45) is 0 Å². The standard InChI is InChI=1S/C78H50N2O5S/c1-77(2)59-18-8-4-16-51(59)75-61(77)20-12-22-63(75)79(43-28-32-67-53(34-43)47-14-6-10-24-65(47)81-67)45-26-30-49-55-38-73-57(40-71(55)83-69(49)36-45)58-41-72-56(39-74(58)85-73)50-31-27-46(37-70(50)84-72)80(44-29-33-68-54(35-44)48-15-7-11-25-66(48)82-68)64-23-13-21-62-76(64)52-17-5-9-19-60(52)78(62,3)42-86/h4-41,86H,42H2,1-3H3. The molecule has 86 heavy (non-hydrogen) atoms. The van der Waals surface area contributed by atoms with Crippen LogP contribution in [0.3, 0.4) is 0 Å². The van der Waals surface area contributed by atoms with Gasteiger partial charge in [-0.3, -0.25) is 0 Å². The highest BCUT2D eigenvalue weighted by Crippen LogP contribution is 2.57. The molecule has 0 N–H and O–H groups in total. The van der Waals surface area contributed by atoms with Gasteiger partial charge in [-0.1, -0.05) is 130 Å². The SMILES string of the molecule is CC1(C)c2ccccc2-c2c(N(c3ccc4c(c3)oc3cc5c(cc34)oc3cc4c(cc35)oc3cc(N(c5ccc6oc7ccccc7c6c5)c5cccc6c5-c5ccccc5C6(C)CS)ccc34)c3ccc4oc5ccccc5c4c3)cccc21. The van der Waals surface area contributed by atoms with E-state index in [0.29, 0.717) is 5.75 Å². The fraction of sp³-hybridized carbons (Fsp3) is 0.0769. The number of para-hydroxylation sites is 2. The number of thiol groups is 1. The lowest BCUT2D eigenvalue weighted by molar-refractivity contribution is 0.660. The third kappa shape index (κ3) is 6.48. The molecule has 0 saturated heterocycles. The van der Waals surface area contributed by atoms with Crippen molar-refractivity contribution in [1.29, 1.82) is 0 Å². The van der Waals surface area contributed by atoms with Crippen LogP contribution in [0.25, 0.3) is 132 Å². The summed E-state index contributed by atoms with van der Waals surface area (Å²) < 4.78 is 33.5. The Hall–Kier alpha value is -10.4. The first-order valence-corrected chi connectivity index (χ1v) is 30.0. The van der Waals surface area contributed by atoms with Crippen LogP contribution < -0.4 is 9.80 Å². The van der Waals surface area contributed by atoms with Crippen LogP contribution >= 0.6 is 12.6 Å². The average molecular weight is 1130 g/mol. The number of anilines is 6. The molecule has 0 radical (unpaired) electrons. The van der Waals surface area contributed by atoms with Crippen molar-refractivity contribution in [3.63, 3.8) is 0 Å². The van der Waals surface area contributed by atoms with Crippen LogP contribution in [0.5, 0.6) is 0 Å². The van der Waals surface area contributed by atoms with E-state index in [1.54, 1.807) is 0 Å². The largest absolute Gasteiger partial charge is 0.456 e. The molecule has 2 aliphatic carbocycles. The van der Waals surface area contributed by atoms with Gasteiger partial charge in [-0.25, -0.2) is 0 Å². The first-order chi connectivity index (χ1) is 42.2. The van der Waals surface area contributed by atoms with Gasteiger partial charge in [0.25, 0.3) is 0 Å². The van der Waals surface area contributed by atoms with Gasteiger partial charge in [0, 0.05) is 116 Å². The van der Waals surface area contributed by atoms with Crippen molar-refractivity contribution < 1.29 is 22.1 Å². The molecular weight excluding hydrogens is 1080 g/mol. The summed E-state index contributed by atoms with van der Waals surface area (Å²) in [5, 5.41) is 10.2. The smallest absolute Gasteiger partial charge is 0.137 e. The van der Waals surface area contributed by atoms with Gasteiger partial charge in [0.2, 0.25) is 0 Å². The maximum Gasteiger partial charge on any atom is 0.137 e. The molecule has 17 aromatic rings. The highest BCUT2D eigenvalue weighted by molar-refractivity contribution is 7.80. The maximum atomic E-state index is 6.97. The third-order valence-corrected chi connectivity index (χ3v) is 19.8. The van der Waals surface area contributed by atoms with Crippen LogP contribution in [-0.4, -0.2) is 5.75 Å². The summed E-state index contributed by atoms with van der Waals surface area (Å²) in [7, 11) is 0. The van der Waals surface area contributed by atoms with Crippen molar-refractivity contribution in [2.45, 2.75) is 31.6 Å². The lowest BCUT2D eigenvalue weighted by atomic mass is 9.82. The Morgan fingerprint density at radius 1 is 0.291 bits per heavy atom. The van der Waals surface area contributed by atoms with E-state index < -0.39 is 0 Å². The first kappa shape index (κ1) is 48.0. The molecule has 2 aliphatic rings. The fourth-order valence-corrected chi connectivity index (χ4v) is 15.4. The normalized spacial score (nSPS) is 15.2. The van der Waals surface area contributed by atoms with Crippen LogP contribution in [0, 0.1) is 0 Å². The predicted molar refractivity (Wildman–Crippen MR) is 356 cm³/mol. The summed E-state index contributed by atoms with van der Waals surface area (Å²) in [6.45, 7) is 6.98. The molecule has 0 spiro atoms. The van der Waals surface area contributed by atoms with Crippen molar-refractivity contribution in [1.82, 2.24) is 0 Å². The van der Waals surface area contributed by atoms with Gasteiger partial charge in [0.15, 0.2) is 0 Å². The molecule has 0 fully saturated rings. The van der Waals surface area contributed by atoms with Crippen molar-refractivity contribution >= 4 is 156 Å². The molecule has 12 aromatic carbocycles. The Balaban J connectivity index is 0.747. The second kappa shape index (κ2) is 17.1. The topological polar surface area (TPSA) is 72.2 Å². The molecule has 0 aliphatic heterocycles. The number of fused-ring (bicyclic) bond motifs is 21. The summed E-state index contributed by atoms with van der Waals surface area (Å²) in [5.74, 6) is 0.676. The van der Waals surface area contributed by atoms with E-state index in [4.69, 9.17) is 34.7 Å². The summed E-state index contributed by atoms with van der Waals surface area (Å²) in [6.07, 6.45) is 0. The summed E-state index contributed by atoms with van der Waals surface area (Å²) in [4.78, 5) is 4.76. The van der Waals surface area contributed by atoms with Gasteiger partial charge >= 0.3 is 0 Å². The van der Waals surface area contributed by atoms with Crippen LogP contribution in [0.1, 0.15) is 43.0 Å². The highest BCUT2D eigenvalue weighted by atomic mass is 32.1. The summed E-state index contributed by atoms with van der Waals surface area (Å²) in [5.41, 5.74) is 23.9.